The minimum Gasteiger partial charge on any atom is -0.304 e. The molecule has 0 amide bonds. The van der Waals surface area contributed by atoms with Gasteiger partial charge in [0.15, 0.2) is 0 Å². The second-order valence-electron chi connectivity index (χ2n) is 3.68. The standard InChI is InChI=1S/C13H16N2S/c1-2-12(13-7-5-9-16-13)15-10-11-6-3-4-8-14-11/h3-9,12,15H,2,10H2,1H3. The molecule has 0 fully saturated rings. The van der Waals surface area contributed by atoms with Gasteiger partial charge in [-0.3, -0.25) is 4.98 Å². The van der Waals surface area contributed by atoms with E-state index < -0.39 is 0 Å². The Balaban J connectivity index is 1.94. The molecule has 84 valence electrons. The Hall–Kier alpha value is -1.19. The van der Waals surface area contributed by atoms with Crippen molar-refractivity contribution >= 4 is 11.3 Å². The van der Waals surface area contributed by atoms with E-state index in [2.05, 4.69) is 34.7 Å². The molecule has 2 aromatic heterocycles. The van der Waals surface area contributed by atoms with Crippen LogP contribution in [0.2, 0.25) is 0 Å². The van der Waals surface area contributed by atoms with E-state index in [-0.39, 0.29) is 0 Å². The van der Waals surface area contributed by atoms with Crippen LogP contribution in [0.5, 0.6) is 0 Å². The predicted molar refractivity (Wildman–Crippen MR) is 68.4 cm³/mol. The Morgan fingerprint density at radius 3 is 2.88 bits per heavy atom. The quantitative estimate of drug-likeness (QED) is 0.854. The zero-order chi connectivity index (χ0) is 11.2. The Bertz CT molecular complexity index is 397. The lowest BCUT2D eigenvalue weighted by molar-refractivity contribution is 0.521. The van der Waals surface area contributed by atoms with Crippen LogP contribution in [0, 0.1) is 0 Å². The molecule has 2 nitrogen and oxygen atoms in total. The lowest BCUT2D eigenvalue weighted by Crippen LogP contribution is -2.19. The highest BCUT2D eigenvalue weighted by Gasteiger charge is 2.09. The van der Waals surface area contributed by atoms with Crippen LogP contribution in [0.3, 0.4) is 0 Å². The number of pyridine rings is 1. The fourth-order valence-electron chi connectivity index (χ4n) is 1.67. The maximum absolute atomic E-state index is 4.31. The summed E-state index contributed by atoms with van der Waals surface area (Å²) in [7, 11) is 0. The summed E-state index contributed by atoms with van der Waals surface area (Å²) in [4.78, 5) is 5.71. The Labute approximate surface area is 100 Å². The highest BCUT2D eigenvalue weighted by Crippen LogP contribution is 2.21. The van der Waals surface area contributed by atoms with Crippen LogP contribution >= 0.6 is 11.3 Å². The highest BCUT2D eigenvalue weighted by molar-refractivity contribution is 7.10. The predicted octanol–water partition coefficient (Wildman–Crippen LogP) is 3.38. The van der Waals surface area contributed by atoms with Gasteiger partial charge in [-0.05, 0) is 30.0 Å². The third-order valence-electron chi connectivity index (χ3n) is 2.55. The molecule has 0 saturated heterocycles. The molecule has 1 atom stereocenters. The summed E-state index contributed by atoms with van der Waals surface area (Å²) < 4.78 is 0. The van der Waals surface area contributed by atoms with Gasteiger partial charge >= 0.3 is 0 Å². The molecule has 2 heterocycles. The Morgan fingerprint density at radius 1 is 1.31 bits per heavy atom. The lowest BCUT2D eigenvalue weighted by atomic mass is 10.2. The van der Waals surface area contributed by atoms with Crippen LogP contribution in [-0.4, -0.2) is 4.98 Å². The molecule has 0 saturated carbocycles. The van der Waals surface area contributed by atoms with Gasteiger partial charge in [0.05, 0.1) is 5.69 Å². The van der Waals surface area contributed by atoms with Crippen LogP contribution in [0.1, 0.15) is 30.0 Å². The number of nitrogens with zero attached hydrogens (tertiary/aromatic N) is 1. The number of nitrogens with one attached hydrogen (secondary N) is 1. The molecule has 16 heavy (non-hydrogen) atoms. The van der Waals surface area contributed by atoms with E-state index in [9.17, 15) is 0 Å². The molecule has 2 rings (SSSR count). The smallest absolute Gasteiger partial charge is 0.0541 e. The van der Waals surface area contributed by atoms with Crippen LogP contribution < -0.4 is 5.32 Å². The number of rotatable bonds is 5. The van der Waals surface area contributed by atoms with Crippen molar-refractivity contribution in [1.82, 2.24) is 10.3 Å². The van der Waals surface area contributed by atoms with Gasteiger partial charge in [0, 0.05) is 23.7 Å². The monoisotopic (exact) mass is 232 g/mol. The van der Waals surface area contributed by atoms with E-state index in [0.29, 0.717) is 6.04 Å². The van der Waals surface area contributed by atoms with Gasteiger partial charge in [-0.25, -0.2) is 0 Å². The first-order valence-electron chi connectivity index (χ1n) is 5.57. The number of hydrogen-bond acceptors (Lipinski definition) is 3. The molecule has 1 N–H and O–H groups in total. The fourth-order valence-corrected chi connectivity index (χ4v) is 2.55. The summed E-state index contributed by atoms with van der Waals surface area (Å²) in [5, 5.41) is 5.66. The number of aromatic nitrogens is 1. The van der Waals surface area contributed by atoms with Gasteiger partial charge in [0.25, 0.3) is 0 Å². The van der Waals surface area contributed by atoms with Gasteiger partial charge in [-0.15, -0.1) is 11.3 Å². The van der Waals surface area contributed by atoms with E-state index in [4.69, 9.17) is 0 Å². The van der Waals surface area contributed by atoms with Crippen molar-refractivity contribution in [2.75, 3.05) is 0 Å². The molecule has 0 aromatic carbocycles. The van der Waals surface area contributed by atoms with Crippen molar-refractivity contribution in [2.24, 2.45) is 0 Å². The summed E-state index contributed by atoms with van der Waals surface area (Å²) >= 11 is 1.81. The fraction of sp³-hybridized carbons (Fsp3) is 0.308. The van der Waals surface area contributed by atoms with Crippen molar-refractivity contribution in [3.63, 3.8) is 0 Å². The zero-order valence-electron chi connectivity index (χ0n) is 9.39. The number of hydrogen-bond donors (Lipinski definition) is 1. The molecule has 0 aliphatic heterocycles. The second kappa shape index (κ2) is 5.77. The lowest BCUT2D eigenvalue weighted by Gasteiger charge is -2.14. The molecule has 0 spiro atoms. The minimum atomic E-state index is 0.446. The third-order valence-corrected chi connectivity index (χ3v) is 3.54. The molecule has 3 heteroatoms. The molecular weight excluding hydrogens is 216 g/mol. The maximum atomic E-state index is 4.31. The summed E-state index contributed by atoms with van der Waals surface area (Å²) in [6, 6.07) is 10.8. The normalized spacial score (nSPS) is 12.6. The van der Waals surface area contributed by atoms with E-state index >= 15 is 0 Å². The SMILES string of the molecule is CCC(NCc1ccccn1)c1cccs1. The summed E-state index contributed by atoms with van der Waals surface area (Å²) in [5.41, 5.74) is 1.09. The Kier molecular flexibility index (Phi) is 4.08. The second-order valence-corrected chi connectivity index (χ2v) is 4.66. The summed E-state index contributed by atoms with van der Waals surface area (Å²) in [5.74, 6) is 0. The van der Waals surface area contributed by atoms with Gasteiger partial charge < -0.3 is 5.32 Å². The topological polar surface area (TPSA) is 24.9 Å². The average Bonchev–Trinajstić information content (AvgIpc) is 2.85. The van der Waals surface area contributed by atoms with Crippen molar-refractivity contribution < 1.29 is 0 Å². The van der Waals surface area contributed by atoms with Gasteiger partial charge in [0.1, 0.15) is 0 Å². The molecule has 0 aliphatic rings. The van der Waals surface area contributed by atoms with Gasteiger partial charge in [-0.1, -0.05) is 19.1 Å². The third kappa shape index (κ3) is 2.90. The average molecular weight is 232 g/mol. The van der Waals surface area contributed by atoms with Crippen LogP contribution in [0.4, 0.5) is 0 Å². The first-order valence-corrected chi connectivity index (χ1v) is 6.45. The van der Waals surface area contributed by atoms with Gasteiger partial charge in [-0.2, -0.15) is 0 Å². The molecule has 1 unspecified atom stereocenters. The van der Waals surface area contributed by atoms with E-state index in [0.717, 1.165) is 18.7 Å². The molecule has 0 bridgehead atoms. The summed E-state index contributed by atoms with van der Waals surface area (Å²) in [6.45, 7) is 3.03. The first-order chi connectivity index (χ1) is 7.90. The van der Waals surface area contributed by atoms with Crippen LogP contribution in [0.15, 0.2) is 41.9 Å². The maximum Gasteiger partial charge on any atom is 0.0541 e. The van der Waals surface area contributed by atoms with Crippen molar-refractivity contribution in [3.8, 4) is 0 Å². The van der Waals surface area contributed by atoms with Crippen molar-refractivity contribution in [2.45, 2.75) is 25.9 Å². The van der Waals surface area contributed by atoms with Crippen molar-refractivity contribution in [1.29, 1.82) is 0 Å². The zero-order valence-corrected chi connectivity index (χ0v) is 10.2. The van der Waals surface area contributed by atoms with E-state index in [1.807, 2.05) is 35.7 Å². The van der Waals surface area contributed by atoms with Crippen LogP contribution in [-0.2, 0) is 6.54 Å². The highest BCUT2D eigenvalue weighted by atomic mass is 32.1. The molecular formula is C13H16N2S. The molecule has 2 aromatic rings. The largest absolute Gasteiger partial charge is 0.304 e. The molecule has 0 aliphatic carbocycles. The number of thiophene rings is 1. The first kappa shape index (κ1) is 11.3. The molecule has 0 radical (unpaired) electrons. The van der Waals surface area contributed by atoms with Gasteiger partial charge in [0.2, 0.25) is 0 Å². The minimum absolute atomic E-state index is 0.446. The Morgan fingerprint density at radius 2 is 2.25 bits per heavy atom. The van der Waals surface area contributed by atoms with E-state index in [1.165, 1.54) is 4.88 Å². The van der Waals surface area contributed by atoms with E-state index in [1.54, 1.807) is 0 Å². The van der Waals surface area contributed by atoms with Crippen LogP contribution in [0.25, 0.3) is 0 Å². The van der Waals surface area contributed by atoms with Crippen molar-refractivity contribution in [3.05, 3.63) is 52.5 Å². The summed E-state index contributed by atoms with van der Waals surface area (Å²) in [6.07, 6.45) is 2.94.